The molecule has 4 rings (SSSR count). The lowest BCUT2D eigenvalue weighted by molar-refractivity contribution is 0.145. The zero-order valence-corrected chi connectivity index (χ0v) is 20.0. The van der Waals surface area contributed by atoms with Crippen LogP contribution >= 0.6 is 0 Å². The molecular formula is C23H28N4O6S. The van der Waals surface area contributed by atoms with E-state index in [2.05, 4.69) is 14.7 Å². The first-order valence-electron chi connectivity index (χ1n) is 11.1. The van der Waals surface area contributed by atoms with Gasteiger partial charge in [-0.05, 0) is 31.0 Å². The summed E-state index contributed by atoms with van der Waals surface area (Å²) >= 11 is 0. The van der Waals surface area contributed by atoms with Gasteiger partial charge < -0.3 is 14.2 Å². The second-order valence-electron chi connectivity index (χ2n) is 8.10. The van der Waals surface area contributed by atoms with Crippen molar-refractivity contribution in [2.75, 3.05) is 32.2 Å². The number of nitrogens with one attached hydrogen (secondary N) is 1. The van der Waals surface area contributed by atoms with Crippen LogP contribution in [0, 0.1) is 0 Å². The SMILES string of the molecule is COCCOc1cnc2ccc(-c3cnc(OC)c(NS(=O)(=O)C4CCCCC4)c3)cn2c1=O. The molecule has 10 nitrogen and oxygen atoms in total. The van der Waals surface area contributed by atoms with Crippen LogP contribution in [0.15, 0.2) is 41.6 Å². The van der Waals surface area contributed by atoms with Gasteiger partial charge in [0.1, 0.15) is 17.9 Å². The fraction of sp³-hybridized carbons (Fsp3) is 0.435. The minimum atomic E-state index is -3.59. The van der Waals surface area contributed by atoms with E-state index in [0.29, 0.717) is 36.2 Å². The Labute approximate surface area is 198 Å². The van der Waals surface area contributed by atoms with Gasteiger partial charge in [-0.3, -0.25) is 13.9 Å². The van der Waals surface area contributed by atoms with E-state index < -0.39 is 15.3 Å². The number of pyridine rings is 2. The largest absolute Gasteiger partial charge is 0.484 e. The topological polar surface area (TPSA) is 121 Å². The van der Waals surface area contributed by atoms with Crippen LogP contribution < -0.4 is 19.8 Å². The van der Waals surface area contributed by atoms with E-state index in [1.165, 1.54) is 17.7 Å². The second-order valence-corrected chi connectivity index (χ2v) is 10.1. The van der Waals surface area contributed by atoms with Crippen LogP contribution in [-0.2, 0) is 14.8 Å². The predicted octanol–water partition coefficient (Wildman–Crippen LogP) is 2.86. The van der Waals surface area contributed by atoms with Gasteiger partial charge in [0.2, 0.25) is 21.7 Å². The number of ether oxygens (including phenoxy) is 3. The van der Waals surface area contributed by atoms with Crippen molar-refractivity contribution in [2.45, 2.75) is 37.4 Å². The average Bonchev–Trinajstić information content (AvgIpc) is 2.86. The van der Waals surface area contributed by atoms with Crippen LogP contribution in [0.4, 0.5) is 5.69 Å². The molecule has 0 saturated heterocycles. The van der Waals surface area contributed by atoms with Crippen molar-refractivity contribution in [3.8, 4) is 22.8 Å². The molecule has 1 aliphatic rings. The lowest BCUT2D eigenvalue weighted by atomic mass is 10.0. The standard InChI is InChI=1S/C23H28N4O6S/c1-31-10-11-33-20-14-24-21-9-8-16(15-27(21)23(20)28)17-12-19(22(32-2)25-13-17)26-34(29,30)18-6-4-3-5-7-18/h8-9,12-15,18,26H,3-7,10-11H2,1-2H3. The van der Waals surface area contributed by atoms with E-state index in [9.17, 15) is 13.2 Å². The summed E-state index contributed by atoms with van der Waals surface area (Å²) in [5.74, 6) is 0.289. The van der Waals surface area contributed by atoms with Crippen molar-refractivity contribution >= 4 is 21.4 Å². The van der Waals surface area contributed by atoms with Crippen LogP contribution in [0.1, 0.15) is 32.1 Å². The van der Waals surface area contributed by atoms with Crippen molar-refractivity contribution in [1.29, 1.82) is 0 Å². The number of anilines is 1. The summed E-state index contributed by atoms with van der Waals surface area (Å²) in [5, 5.41) is -0.434. The number of fused-ring (bicyclic) bond motifs is 1. The molecule has 0 atom stereocenters. The molecule has 3 aromatic heterocycles. The Morgan fingerprint density at radius 1 is 1.06 bits per heavy atom. The minimum absolute atomic E-state index is 0.112. The quantitative estimate of drug-likeness (QED) is 0.457. The van der Waals surface area contributed by atoms with E-state index in [-0.39, 0.29) is 29.5 Å². The normalized spacial score (nSPS) is 14.8. The smallest absolute Gasteiger partial charge is 0.300 e. The lowest BCUT2D eigenvalue weighted by Crippen LogP contribution is -2.30. The predicted molar refractivity (Wildman–Crippen MR) is 128 cm³/mol. The Bertz CT molecular complexity index is 1320. The van der Waals surface area contributed by atoms with Crippen molar-refractivity contribution in [2.24, 2.45) is 0 Å². The zero-order valence-electron chi connectivity index (χ0n) is 19.2. The van der Waals surface area contributed by atoms with E-state index >= 15 is 0 Å². The van der Waals surface area contributed by atoms with Crippen LogP contribution in [-0.4, -0.2) is 55.5 Å². The summed E-state index contributed by atoms with van der Waals surface area (Å²) in [5.41, 5.74) is 1.61. The first-order valence-corrected chi connectivity index (χ1v) is 12.7. The maximum atomic E-state index is 13.0. The molecule has 11 heteroatoms. The molecular weight excluding hydrogens is 460 g/mol. The van der Waals surface area contributed by atoms with E-state index in [1.54, 1.807) is 37.7 Å². The molecule has 0 aliphatic heterocycles. The third kappa shape index (κ3) is 5.15. The molecule has 0 bridgehead atoms. The molecule has 3 heterocycles. The van der Waals surface area contributed by atoms with Crippen LogP contribution in [0.5, 0.6) is 11.6 Å². The fourth-order valence-corrected chi connectivity index (χ4v) is 5.60. The molecule has 3 aromatic rings. The van der Waals surface area contributed by atoms with Gasteiger partial charge in [-0.1, -0.05) is 19.3 Å². The Morgan fingerprint density at radius 2 is 1.85 bits per heavy atom. The van der Waals surface area contributed by atoms with Gasteiger partial charge in [0, 0.05) is 30.6 Å². The molecule has 0 unspecified atom stereocenters. The van der Waals surface area contributed by atoms with Gasteiger partial charge in [-0.25, -0.2) is 18.4 Å². The van der Waals surface area contributed by atoms with Crippen LogP contribution in [0.3, 0.4) is 0 Å². The van der Waals surface area contributed by atoms with Crippen molar-refractivity contribution < 1.29 is 22.6 Å². The van der Waals surface area contributed by atoms with Gasteiger partial charge in [0.05, 0.1) is 25.2 Å². The molecule has 0 radical (unpaired) electrons. The third-order valence-electron chi connectivity index (χ3n) is 5.84. The van der Waals surface area contributed by atoms with E-state index in [1.807, 2.05) is 0 Å². The molecule has 0 aromatic carbocycles. The first kappa shape index (κ1) is 24.0. The molecule has 182 valence electrons. The number of aromatic nitrogens is 3. The van der Waals surface area contributed by atoms with Gasteiger partial charge in [-0.15, -0.1) is 0 Å². The van der Waals surface area contributed by atoms with Gasteiger partial charge in [0.25, 0.3) is 5.56 Å². The summed E-state index contributed by atoms with van der Waals surface area (Å²) in [4.78, 5) is 21.4. The Balaban J connectivity index is 1.68. The van der Waals surface area contributed by atoms with E-state index in [0.717, 1.165) is 19.3 Å². The summed E-state index contributed by atoms with van der Waals surface area (Å²) in [6.07, 6.45) is 8.71. The Hall–Kier alpha value is -3.18. The number of sulfonamides is 1. The minimum Gasteiger partial charge on any atom is -0.484 e. The highest BCUT2D eigenvalue weighted by atomic mass is 32.2. The maximum absolute atomic E-state index is 13.0. The molecule has 1 fully saturated rings. The molecule has 1 aliphatic carbocycles. The molecule has 34 heavy (non-hydrogen) atoms. The lowest BCUT2D eigenvalue weighted by Gasteiger charge is -2.23. The highest BCUT2D eigenvalue weighted by Crippen LogP contribution is 2.31. The number of hydrogen-bond acceptors (Lipinski definition) is 8. The Kier molecular flexibility index (Phi) is 7.32. The molecule has 1 saturated carbocycles. The van der Waals surface area contributed by atoms with Gasteiger partial charge >= 0.3 is 0 Å². The summed E-state index contributed by atoms with van der Waals surface area (Å²) < 4.78 is 45.7. The van der Waals surface area contributed by atoms with Crippen molar-refractivity contribution in [3.63, 3.8) is 0 Å². The van der Waals surface area contributed by atoms with Crippen LogP contribution in [0.25, 0.3) is 16.8 Å². The van der Waals surface area contributed by atoms with Gasteiger partial charge in [-0.2, -0.15) is 0 Å². The summed E-state index contributed by atoms with van der Waals surface area (Å²) in [7, 11) is -0.602. The monoisotopic (exact) mass is 488 g/mol. The highest BCUT2D eigenvalue weighted by Gasteiger charge is 2.28. The second kappa shape index (κ2) is 10.4. The highest BCUT2D eigenvalue weighted by molar-refractivity contribution is 7.93. The Morgan fingerprint density at radius 3 is 2.59 bits per heavy atom. The zero-order chi connectivity index (χ0) is 24.1. The van der Waals surface area contributed by atoms with Crippen molar-refractivity contribution in [1.82, 2.24) is 14.4 Å². The fourth-order valence-electron chi connectivity index (χ4n) is 4.02. The number of nitrogens with zero attached hydrogens (tertiary/aromatic N) is 3. The van der Waals surface area contributed by atoms with E-state index in [4.69, 9.17) is 14.2 Å². The summed E-state index contributed by atoms with van der Waals surface area (Å²) in [6, 6.07) is 5.15. The number of hydrogen-bond donors (Lipinski definition) is 1. The molecule has 0 spiro atoms. The third-order valence-corrected chi connectivity index (χ3v) is 7.69. The van der Waals surface area contributed by atoms with Crippen molar-refractivity contribution in [3.05, 3.63) is 47.1 Å². The van der Waals surface area contributed by atoms with Crippen LogP contribution in [0.2, 0.25) is 0 Å². The number of rotatable bonds is 9. The average molecular weight is 489 g/mol. The molecule has 1 N–H and O–H groups in total. The summed E-state index contributed by atoms with van der Waals surface area (Å²) in [6.45, 7) is 0.575. The number of methoxy groups -OCH3 is 2. The first-order chi connectivity index (χ1) is 16.4. The maximum Gasteiger partial charge on any atom is 0.300 e. The van der Waals surface area contributed by atoms with Gasteiger partial charge in [0.15, 0.2) is 0 Å². The molecule has 0 amide bonds.